The molecule has 0 spiro atoms. The van der Waals surface area contributed by atoms with Crippen molar-refractivity contribution in [2.24, 2.45) is 0 Å². The van der Waals surface area contributed by atoms with E-state index in [1.54, 1.807) is 52.1 Å². The molecule has 0 aliphatic heterocycles. The fourth-order valence-electron chi connectivity index (χ4n) is 2.32. The molecule has 1 N–H and O–H groups in total. The van der Waals surface area contributed by atoms with Crippen LogP contribution >= 0.6 is 0 Å². The summed E-state index contributed by atoms with van der Waals surface area (Å²) in [6, 6.07) is 7.16. The molecule has 0 heterocycles. The predicted octanol–water partition coefficient (Wildman–Crippen LogP) is 1.64. The molecule has 8 heteroatoms. The van der Waals surface area contributed by atoms with E-state index in [0.717, 1.165) is 12.0 Å². The number of carbonyl (C=O) groups excluding carboxylic acids is 1. The molecule has 7 nitrogen and oxygen atoms in total. The van der Waals surface area contributed by atoms with Crippen LogP contribution in [0.4, 0.5) is 0 Å². The predicted molar refractivity (Wildman–Crippen MR) is 97.4 cm³/mol. The molecular weight excluding hydrogens is 344 g/mol. The van der Waals surface area contributed by atoms with Crippen LogP contribution in [0.5, 0.6) is 11.5 Å². The molecule has 1 rings (SSSR count). The first-order valence-electron chi connectivity index (χ1n) is 8.05. The van der Waals surface area contributed by atoms with Gasteiger partial charge in [0.25, 0.3) is 0 Å². The topological polar surface area (TPSA) is 84.9 Å². The Labute approximate surface area is 150 Å². The zero-order chi connectivity index (χ0) is 19.1. The maximum Gasteiger partial charge on any atom is 0.221 e. The lowest BCUT2D eigenvalue weighted by molar-refractivity contribution is -0.121. The van der Waals surface area contributed by atoms with E-state index in [9.17, 15) is 13.2 Å². The van der Waals surface area contributed by atoms with Gasteiger partial charge in [-0.1, -0.05) is 0 Å². The van der Waals surface area contributed by atoms with E-state index in [0.29, 0.717) is 18.9 Å². The molecule has 0 unspecified atom stereocenters. The third-order valence-corrected chi connectivity index (χ3v) is 4.97. The Balaban J connectivity index is 2.34. The Hall–Kier alpha value is -1.80. The molecule has 0 fully saturated rings. The molecule has 0 aromatic heterocycles. The van der Waals surface area contributed by atoms with Crippen LogP contribution in [0.1, 0.15) is 27.2 Å². The zero-order valence-corrected chi connectivity index (χ0v) is 16.4. The van der Waals surface area contributed by atoms with Gasteiger partial charge in [-0.05, 0) is 45.0 Å². The highest BCUT2D eigenvalue weighted by atomic mass is 32.2. The molecule has 0 saturated heterocycles. The highest BCUT2D eigenvalue weighted by Crippen LogP contribution is 2.18. The van der Waals surface area contributed by atoms with Crippen molar-refractivity contribution in [3.63, 3.8) is 0 Å². The number of methoxy groups -OCH3 is 1. The normalized spacial score (nSPS) is 12.1. The molecule has 0 saturated carbocycles. The van der Waals surface area contributed by atoms with Crippen LogP contribution in [0.15, 0.2) is 24.3 Å². The van der Waals surface area contributed by atoms with Crippen molar-refractivity contribution >= 4 is 15.9 Å². The van der Waals surface area contributed by atoms with Crippen LogP contribution in [0, 0.1) is 0 Å². The maximum absolute atomic E-state index is 11.9. The second-order valence-electron chi connectivity index (χ2n) is 6.63. The molecule has 0 aliphatic rings. The van der Waals surface area contributed by atoms with Gasteiger partial charge in [-0.15, -0.1) is 0 Å². The lowest BCUT2D eigenvalue weighted by Crippen LogP contribution is -2.46. The highest BCUT2D eigenvalue weighted by Gasteiger charge is 2.29. The molecule has 1 aromatic carbocycles. The average molecular weight is 372 g/mol. The molecule has 1 amide bonds. The summed E-state index contributed by atoms with van der Waals surface area (Å²) in [5.74, 6) is 1.22. The Morgan fingerprint density at radius 1 is 1.16 bits per heavy atom. The molecule has 142 valence electrons. The van der Waals surface area contributed by atoms with Gasteiger partial charge in [0.2, 0.25) is 15.9 Å². The summed E-state index contributed by atoms with van der Waals surface area (Å²) in [4.78, 5) is 11.9. The molecule has 0 bridgehead atoms. The van der Waals surface area contributed by atoms with Crippen molar-refractivity contribution in [3.8, 4) is 11.5 Å². The number of hydrogen-bond donors (Lipinski definition) is 1. The molecule has 0 aliphatic carbocycles. The van der Waals surface area contributed by atoms with Crippen molar-refractivity contribution in [3.05, 3.63) is 24.3 Å². The van der Waals surface area contributed by atoms with Crippen molar-refractivity contribution in [1.29, 1.82) is 0 Å². The quantitative estimate of drug-likeness (QED) is 0.666. The van der Waals surface area contributed by atoms with E-state index in [1.807, 2.05) is 0 Å². The number of amides is 1. The molecule has 25 heavy (non-hydrogen) atoms. The maximum atomic E-state index is 11.9. The first-order chi connectivity index (χ1) is 11.5. The Morgan fingerprint density at radius 2 is 1.72 bits per heavy atom. The van der Waals surface area contributed by atoms with Gasteiger partial charge in [-0.3, -0.25) is 4.79 Å². The first-order valence-corrected chi connectivity index (χ1v) is 9.90. The van der Waals surface area contributed by atoms with E-state index < -0.39 is 15.6 Å². The van der Waals surface area contributed by atoms with Crippen molar-refractivity contribution in [2.75, 3.05) is 33.1 Å². The van der Waals surface area contributed by atoms with E-state index >= 15 is 0 Å². The number of rotatable bonds is 9. The second-order valence-corrected chi connectivity index (χ2v) is 8.54. The molecule has 0 atom stereocenters. The highest BCUT2D eigenvalue weighted by molar-refractivity contribution is 7.88. The molecule has 1 aromatic rings. The standard InChI is InChI=1S/C17H28N2O5S/c1-17(2,3)19(25(5,21)22)12-10-16(20)18-11-13-24-15-8-6-14(23-4)7-9-15/h6-9H,10-13H2,1-5H3,(H,18,20). The van der Waals surface area contributed by atoms with Crippen LogP contribution in [-0.2, 0) is 14.8 Å². The van der Waals surface area contributed by atoms with E-state index in [1.165, 1.54) is 4.31 Å². The lowest BCUT2D eigenvalue weighted by Gasteiger charge is -2.33. The fourth-order valence-corrected chi connectivity index (χ4v) is 3.74. The summed E-state index contributed by atoms with van der Waals surface area (Å²) in [5, 5.41) is 2.72. The number of hydrogen-bond acceptors (Lipinski definition) is 5. The van der Waals surface area contributed by atoms with Crippen molar-refractivity contribution < 1.29 is 22.7 Å². The van der Waals surface area contributed by atoms with Gasteiger partial charge in [0.1, 0.15) is 18.1 Å². The Kier molecular flexibility index (Phi) is 7.69. The lowest BCUT2D eigenvalue weighted by atomic mass is 10.1. The average Bonchev–Trinajstić information content (AvgIpc) is 2.49. The fraction of sp³-hybridized carbons (Fsp3) is 0.588. The third-order valence-electron chi connectivity index (χ3n) is 3.44. The number of carbonyl (C=O) groups is 1. The Morgan fingerprint density at radius 3 is 2.20 bits per heavy atom. The summed E-state index contributed by atoms with van der Waals surface area (Å²) in [5.41, 5.74) is -0.564. The van der Waals surface area contributed by atoms with Crippen LogP contribution < -0.4 is 14.8 Å². The van der Waals surface area contributed by atoms with Gasteiger partial charge in [-0.25, -0.2) is 8.42 Å². The van der Waals surface area contributed by atoms with Crippen molar-refractivity contribution in [1.82, 2.24) is 9.62 Å². The third kappa shape index (κ3) is 7.74. The Bertz CT molecular complexity index is 651. The smallest absolute Gasteiger partial charge is 0.221 e. The number of benzene rings is 1. The number of ether oxygens (including phenoxy) is 2. The zero-order valence-electron chi connectivity index (χ0n) is 15.5. The monoisotopic (exact) mass is 372 g/mol. The van der Waals surface area contributed by atoms with Gasteiger partial charge >= 0.3 is 0 Å². The van der Waals surface area contributed by atoms with E-state index in [-0.39, 0.29) is 18.9 Å². The first kappa shape index (κ1) is 21.2. The minimum Gasteiger partial charge on any atom is -0.497 e. The van der Waals surface area contributed by atoms with Crippen molar-refractivity contribution in [2.45, 2.75) is 32.7 Å². The molecule has 0 radical (unpaired) electrons. The van der Waals surface area contributed by atoms with Gasteiger partial charge < -0.3 is 14.8 Å². The van der Waals surface area contributed by atoms with E-state index in [2.05, 4.69) is 5.32 Å². The largest absolute Gasteiger partial charge is 0.497 e. The number of sulfonamides is 1. The van der Waals surface area contributed by atoms with Crippen LogP contribution in [0.3, 0.4) is 0 Å². The molecular formula is C17H28N2O5S. The van der Waals surface area contributed by atoms with Crippen LogP contribution in [0.2, 0.25) is 0 Å². The van der Waals surface area contributed by atoms with E-state index in [4.69, 9.17) is 9.47 Å². The van der Waals surface area contributed by atoms with Gasteiger partial charge in [0.15, 0.2) is 0 Å². The van der Waals surface area contributed by atoms with Gasteiger partial charge in [0.05, 0.1) is 19.9 Å². The van der Waals surface area contributed by atoms with Gasteiger partial charge in [-0.2, -0.15) is 4.31 Å². The summed E-state index contributed by atoms with van der Waals surface area (Å²) in [7, 11) is -1.77. The van der Waals surface area contributed by atoms with Crippen LogP contribution in [-0.4, -0.2) is 57.2 Å². The summed E-state index contributed by atoms with van der Waals surface area (Å²) >= 11 is 0. The van der Waals surface area contributed by atoms with Gasteiger partial charge in [0, 0.05) is 18.5 Å². The number of nitrogens with one attached hydrogen (secondary N) is 1. The second kappa shape index (κ2) is 9.05. The summed E-state index contributed by atoms with van der Waals surface area (Å²) in [6.07, 6.45) is 1.26. The minimum atomic E-state index is -3.37. The summed E-state index contributed by atoms with van der Waals surface area (Å²) in [6.45, 7) is 6.22. The number of nitrogens with zero attached hydrogens (tertiary/aromatic N) is 1. The SMILES string of the molecule is COc1ccc(OCCNC(=O)CCN(C(C)(C)C)S(C)(=O)=O)cc1. The summed E-state index contributed by atoms with van der Waals surface area (Å²) < 4.78 is 35.5. The van der Waals surface area contributed by atoms with Crippen LogP contribution in [0.25, 0.3) is 0 Å². The minimum absolute atomic E-state index is 0.104.